The number of sulfonamides is 1. The molecule has 1 aromatic heterocycles. The van der Waals surface area contributed by atoms with Crippen LogP contribution in [0.25, 0.3) is 0 Å². The number of nitrogens with one attached hydrogen (secondary N) is 2. The number of halogens is 2. The minimum atomic E-state index is -3.75. The lowest BCUT2D eigenvalue weighted by atomic mass is 10.2. The normalized spacial score (nSPS) is 13.5. The molecule has 4 rings (SSSR count). The predicted octanol–water partition coefficient (Wildman–Crippen LogP) is 5.93. The maximum atomic E-state index is 12.6. The van der Waals surface area contributed by atoms with Crippen LogP contribution < -0.4 is 14.8 Å². The van der Waals surface area contributed by atoms with Gasteiger partial charge in [0.05, 0.1) is 22.2 Å². The molecule has 1 aliphatic carbocycles. The Morgan fingerprint density at radius 2 is 1.91 bits per heavy atom. The number of hydrogen-bond donors (Lipinski definition) is 2. The first-order chi connectivity index (χ1) is 15.8. The van der Waals surface area contributed by atoms with Gasteiger partial charge in [-0.2, -0.15) is 0 Å². The Bertz CT molecular complexity index is 1240. The van der Waals surface area contributed by atoms with E-state index in [0.717, 1.165) is 18.5 Å². The summed E-state index contributed by atoms with van der Waals surface area (Å²) in [4.78, 5) is 16.6. The van der Waals surface area contributed by atoms with Crippen molar-refractivity contribution in [1.82, 2.24) is 4.98 Å². The lowest BCUT2D eigenvalue weighted by molar-refractivity contribution is -0.116. The van der Waals surface area contributed by atoms with Crippen molar-refractivity contribution < 1.29 is 17.9 Å². The van der Waals surface area contributed by atoms with Gasteiger partial charge in [-0.25, -0.2) is 13.4 Å². The molecule has 0 saturated heterocycles. The van der Waals surface area contributed by atoms with Crippen LogP contribution >= 0.6 is 34.5 Å². The van der Waals surface area contributed by atoms with E-state index >= 15 is 0 Å². The molecule has 0 aliphatic heterocycles. The second-order valence-electron chi connectivity index (χ2n) is 7.56. The SMILES string of the molecule is O=C(CCCOc1ccc(Cl)cc1Cl)Nc1ccc(S(=O)(=O)Nc2nc(C3CC3)cs2)cc1. The molecule has 11 heteroatoms. The van der Waals surface area contributed by atoms with Crippen LogP contribution in [0.4, 0.5) is 10.8 Å². The topological polar surface area (TPSA) is 97.4 Å². The third kappa shape index (κ3) is 6.60. The Kier molecular flexibility index (Phi) is 7.43. The van der Waals surface area contributed by atoms with Gasteiger partial charge in [0, 0.05) is 28.4 Å². The summed E-state index contributed by atoms with van der Waals surface area (Å²) in [6, 6.07) is 10.9. The van der Waals surface area contributed by atoms with Gasteiger partial charge >= 0.3 is 0 Å². The second-order valence-corrected chi connectivity index (χ2v) is 10.9. The van der Waals surface area contributed by atoms with E-state index in [1.165, 1.54) is 23.5 Å². The van der Waals surface area contributed by atoms with Crippen LogP contribution in [0.15, 0.2) is 52.7 Å². The van der Waals surface area contributed by atoms with Crippen molar-refractivity contribution in [3.63, 3.8) is 0 Å². The molecular weight excluding hydrogens is 505 g/mol. The summed E-state index contributed by atoms with van der Waals surface area (Å²) >= 11 is 13.2. The van der Waals surface area contributed by atoms with E-state index in [2.05, 4.69) is 15.0 Å². The van der Waals surface area contributed by atoms with Gasteiger partial charge in [0.15, 0.2) is 5.13 Å². The molecule has 0 bridgehead atoms. The Labute approximate surface area is 206 Å². The highest BCUT2D eigenvalue weighted by Crippen LogP contribution is 2.41. The highest BCUT2D eigenvalue weighted by atomic mass is 35.5. The van der Waals surface area contributed by atoms with Crippen LogP contribution in [0.2, 0.25) is 10.0 Å². The van der Waals surface area contributed by atoms with Crippen LogP contribution in [0.1, 0.15) is 37.3 Å². The number of amides is 1. The average Bonchev–Trinajstić information content (AvgIpc) is 3.52. The smallest absolute Gasteiger partial charge is 0.263 e. The number of aromatic nitrogens is 1. The molecule has 1 amide bonds. The summed E-state index contributed by atoms with van der Waals surface area (Å²) in [5.41, 5.74) is 1.45. The van der Waals surface area contributed by atoms with Crippen molar-refractivity contribution in [2.75, 3.05) is 16.6 Å². The Morgan fingerprint density at radius 3 is 2.61 bits per heavy atom. The van der Waals surface area contributed by atoms with E-state index in [0.29, 0.717) is 45.6 Å². The fourth-order valence-electron chi connectivity index (χ4n) is 3.02. The van der Waals surface area contributed by atoms with E-state index in [-0.39, 0.29) is 17.2 Å². The van der Waals surface area contributed by atoms with Crippen molar-refractivity contribution >= 4 is 61.3 Å². The van der Waals surface area contributed by atoms with E-state index < -0.39 is 10.0 Å². The van der Waals surface area contributed by atoms with Crippen molar-refractivity contribution in [3.05, 3.63) is 63.6 Å². The van der Waals surface area contributed by atoms with Gasteiger partial charge in [-0.3, -0.25) is 9.52 Å². The summed E-state index contributed by atoms with van der Waals surface area (Å²) in [5, 5.41) is 5.93. The van der Waals surface area contributed by atoms with Crippen molar-refractivity contribution in [1.29, 1.82) is 0 Å². The van der Waals surface area contributed by atoms with Gasteiger partial charge in [-0.1, -0.05) is 23.2 Å². The number of carbonyl (C=O) groups excluding carboxylic acids is 1. The zero-order valence-electron chi connectivity index (χ0n) is 17.4. The number of ether oxygens (including phenoxy) is 1. The number of nitrogens with zero attached hydrogens (tertiary/aromatic N) is 1. The summed E-state index contributed by atoms with van der Waals surface area (Å²) in [6.45, 7) is 0.316. The van der Waals surface area contributed by atoms with Crippen molar-refractivity contribution in [2.24, 2.45) is 0 Å². The van der Waals surface area contributed by atoms with E-state index in [1.54, 1.807) is 30.3 Å². The number of anilines is 2. The molecule has 1 heterocycles. The lowest BCUT2D eigenvalue weighted by Crippen LogP contribution is -2.14. The molecule has 0 atom stereocenters. The molecular formula is C22H21Cl2N3O4S2. The quantitative estimate of drug-likeness (QED) is 0.320. The molecule has 1 fully saturated rings. The average molecular weight is 526 g/mol. The van der Waals surface area contributed by atoms with Gasteiger partial charge in [0.25, 0.3) is 10.0 Å². The molecule has 1 aliphatic rings. The molecule has 33 heavy (non-hydrogen) atoms. The van der Waals surface area contributed by atoms with E-state index in [1.807, 2.05) is 5.38 Å². The lowest BCUT2D eigenvalue weighted by Gasteiger charge is -2.09. The monoisotopic (exact) mass is 525 g/mol. The first kappa shape index (κ1) is 23.8. The first-order valence-electron chi connectivity index (χ1n) is 10.3. The molecule has 2 aromatic carbocycles. The number of thiazole rings is 1. The van der Waals surface area contributed by atoms with Crippen LogP contribution in [0.5, 0.6) is 5.75 Å². The maximum absolute atomic E-state index is 12.6. The Morgan fingerprint density at radius 1 is 1.15 bits per heavy atom. The van der Waals surface area contributed by atoms with Crippen LogP contribution in [0.3, 0.4) is 0 Å². The fourth-order valence-corrected chi connectivity index (χ4v) is 5.53. The first-order valence-corrected chi connectivity index (χ1v) is 13.4. The van der Waals surface area contributed by atoms with Crippen LogP contribution in [-0.2, 0) is 14.8 Å². The standard InChI is InChI=1S/C22H21Cl2N3O4S2/c23-15-5-10-20(18(24)12-15)31-11-1-2-21(28)25-16-6-8-17(9-7-16)33(29,30)27-22-26-19(13-32-22)14-3-4-14/h5-10,12-14H,1-4,11H2,(H,25,28)(H,26,27). The Balaban J connectivity index is 1.24. The number of rotatable bonds is 10. The zero-order chi connectivity index (χ0) is 23.4. The van der Waals surface area contributed by atoms with Crippen LogP contribution in [0, 0.1) is 0 Å². The Hall–Kier alpha value is -2.33. The summed E-state index contributed by atoms with van der Waals surface area (Å²) in [6.07, 6.45) is 2.93. The third-order valence-electron chi connectivity index (χ3n) is 4.89. The predicted molar refractivity (Wildman–Crippen MR) is 131 cm³/mol. The minimum absolute atomic E-state index is 0.0944. The van der Waals surface area contributed by atoms with Gasteiger partial charge in [0.2, 0.25) is 5.91 Å². The zero-order valence-corrected chi connectivity index (χ0v) is 20.5. The molecule has 174 valence electrons. The van der Waals surface area contributed by atoms with Gasteiger partial charge in [-0.15, -0.1) is 11.3 Å². The van der Waals surface area contributed by atoms with E-state index in [9.17, 15) is 13.2 Å². The van der Waals surface area contributed by atoms with Gasteiger partial charge < -0.3 is 10.1 Å². The third-order valence-corrected chi connectivity index (χ3v) is 7.68. The second kappa shape index (κ2) is 10.3. The van der Waals surface area contributed by atoms with Gasteiger partial charge in [-0.05, 0) is 61.7 Å². The number of hydrogen-bond acceptors (Lipinski definition) is 6. The van der Waals surface area contributed by atoms with E-state index in [4.69, 9.17) is 27.9 Å². The molecule has 0 radical (unpaired) electrons. The molecule has 3 aromatic rings. The highest BCUT2D eigenvalue weighted by Gasteiger charge is 2.27. The fraction of sp³-hybridized carbons (Fsp3) is 0.273. The minimum Gasteiger partial charge on any atom is -0.492 e. The summed E-state index contributed by atoms with van der Waals surface area (Å²) < 4.78 is 33.3. The summed E-state index contributed by atoms with van der Waals surface area (Å²) in [5.74, 6) is 0.766. The largest absolute Gasteiger partial charge is 0.492 e. The molecule has 0 unspecified atom stereocenters. The highest BCUT2D eigenvalue weighted by molar-refractivity contribution is 7.93. The molecule has 0 spiro atoms. The van der Waals surface area contributed by atoms with Crippen LogP contribution in [-0.4, -0.2) is 25.9 Å². The molecule has 2 N–H and O–H groups in total. The molecule has 1 saturated carbocycles. The number of benzene rings is 2. The maximum Gasteiger partial charge on any atom is 0.263 e. The summed E-state index contributed by atoms with van der Waals surface area (Å²) in [7, 11) is -3.75. The number of carbonyl (C=O) groups is 1. The van der Waals surface area contributed by atoms with Gasteiger partial charge in [0.1, 0.15) is 5.75 Å². The molecule has 7 nitrogen and oxygen atoms in total. The van der Waals surface area contributed by atoms with Crippen molar-refractivity contribution in [3.8, 4) is 5.75 Å². The van der Waals surface area contributed by atoms with Crippen molar-refractivity contribution in [2.45, 2.75) is 36.5 Å².